The van der Waals surface area contributed by atoms with E-state index in [2.05, 4.69) is 12.2 Å². The minimum absolute atomic E-state index is 0.378. The summed E-state index contributed by atoms with van der Waals surface area (Å²) in [4.78, 5) is 0. The molecule has 0 aromatic heterocycles. The normalized spacial score (nSPS) is 39.7. The fourth-order valence-corrected chi connectivity index (χ4v) is 2.55. The average molecular weight is 183 g/mol. The van der Waals surface area contributed by atoms with Gasteiger partial charge in [-0.2, -0.15) is 0 Å². The lowest BCUT2D eigenvalue weighted by atomic mass is 9.88. The van der Waals surface area contributed by atoms with Crippen LogP contribution < -0.4 is 5.32 Å². The first-order chi connectivity index (χ1) is 6.24. The van der Waals surface area contributed by atoms with Crippen molar-refractivity contribution in [1.29, 1.82) is 0 Å². The molecule has 0 saturated heterocycles. The van der Waals surface area contributed by atoms with Crippen molar-refractivity contribution in [2.24, 2.45) is 5.92 Å². The maximum Gasteiger partial charge on any atom is 0.0799 e. The fraction of sp³-hybridized carbons (Fsp3) is 1.00. The van der Waals surface area contributed by atoms with Gasteiger partial charge in [-0.05, 0) is 31.6 Å². The molecule has 2 nitrogen and oxygen atoms in total. The highest BCUT2D eigenvalue weighted by Crippen LogP contribution is 2.37. The predicted octanol–water partition coefficient (Wildman–Crippen LogP) is 1.68. The number of nitrogens with one attached hydrogen (secondary N) is 1. The molecule has 2 fully saturated rings. The van der Waals surface area contributed by atoms with Crippen LogP contribution in [0.15, 0.2) is 0 Å². The Labute approximate surface area is 80.7 Å². The summed E-state index contributed by atoms with van der Waals surface area (Å²) in [5, 5.41) is 13.8. The molecular formula is C11H21NO. The SMILES string of the molecule is CCC1CCCC1(O)CNC1CC1. The van der Waals surface area contributed by atoms with Crippen molar-refractivity contribution in [3.63, 3.8) is 0 Å². The van der Waals surface area contributed by atoms with Gasteiger partial charge in [0.15, 0.2) is 0 Å². The van der Waals surface area contributed by atoms with E-state index in [-0.39, 0.29) is 5.60 Å². The first-order valence-electron chi connectivity index (χ1n) is 5.70. The van der Waals surface area contributed by atoms with Crippen molar-refractivity contribution in [2.75, 3.05) is 6.54 Å². The van der Waals surface area contributed by atoms with E-state index in [0.29, 0.717) is 5.92 Å². The Kier molecular flexibility index (Phi) is 2.61. The second-order valence-corrected chi connectivity index (χ2v) is 4.76. The van der Waals surface area contributed by atoms with E-state index in [1.54, 1.807) is 0 Å². The zero-order valence-corrected chi connectivity index (χ0v) is 8.55. The molecule has 0 bridgehead atoms. The molecule has 0 radical (unpaired) electrons. The van der Waals surface area contributed by atoms with E-state index in [1.165, 1.54) is 25.7 Å². The van der Waals surface area contributed by atoms with Crippen LogP contribution in [-0.2, 0) is 0 Å². The lowest BCUT2D eigenvalue weighted by molar-refractivity contribution is 0.00168. The highest BCUT2D eigenvalue weighted by Gasteiger charge is 2.40. The summed E-state index contributed by atoms with van der Waals surface area (Å²) in [5.41, 5.74) is -0.378. The van der Waals surface area contributed by atoms with Crippen LogP contribution in [-0.4, -0.2) is 23.3 Å². The maximum atomic E-state index is 10.4. The number of aliphatic hydroxyl groups is 1. The third kappa shape index (κ3) is 2.05. The zero-order valence-electron chi connectivity index (χ0n) is 8.55. The second kappa shape index (κ2) is 3.58. The second-order valence-electron chi connectivity index (χ2n) is 4.76. The highest BCUT2D eigenvalue weighted by molar-refractivity contribution is 4.95. The maximum absolute atomic E-state index is 10.4. The van der Waals surface area contributed by atoms with Crippen LogP contribution >= 0.6 is 0 Å². The quantitative estimate of drug-likeness (QED) is 0.695. The van der Waals surface area contributed by atoms with Gasteiger partial charge in [0.25, 0.3) is 0 Å². The molecule has 2 atom stereocenters. The molecule has 0 heterocycles. The molecule has 0 aromatic rings. The Morgan fingerprint density at radius 3 is 2.77 bits per heavy atom. The molecule has 2 saturated carbocycles. The Morgan fingerprint density at radius 1 is 1.38 bits per heavy atom. The minimum atomic E-state index is -0.378. The molecule has 2 aliphatic rings. The molecule has 2 unspecified atom stereocenters. The van der Waals surface area contributed by atoms with Gasteiger partial charge < -0.3 is 10.4 Å². The van der Waals surface area contributed by atoms with Crippen molar-refractivity contribution in [2.45, 2.75) is 57.1 Å². The van der Waals surface area contributed by atoms with Gasteiger partial charge in [0, 0.05) is 12.6 Å². The van der Waals surface area contributed by atoms with E-state index >= 15 is 0 Å². The monoisotopic (exact) mass is 183 g/mol. The molecule has 0 amide bonds. The van der Waals surface area contributed by atoms with E-state index in [9.17, 15) is 5.11 Å². The molecular weight excluding hydrogens is 162 g/mol. The summed E-state index contributed by atoms with van der Waals surface area (Å²) < 4.78 is 0. The molecule has 2 N–H and O–H groups in total. The fourth-order valence-electron chi connectivity index (χ4n) is 2.55. The number of hydrogen-bond acceptors (Lipinski definition) is 2. The van der Waals surface area contributed by atoms with Crippen molar-refractivity contribution in [3.05, 3.63) is 0 Å². The van der Waals surface area contributed by atoms with E-state index in [4.69, 9.17) is 0 Å². The van der Waals surface area contributed by atoms with Crippen LogP contribution in [0.1, 0.15) is 45.4 Å². The molecule has 0 aromatic carbocycles. The number of rotatable bonds is 4. The smallest absolute Gasteiger partial charge is 0.0799 e. The van der Waals surface area contributed by atoms with Crippen molar-refractivity contribution in [1.82, 2.24) is 5.32 Å². The molecule has 2 rings (SSSR count). The molecule has 2 heteroatoms. The molecule has 0 aliphatic heterocycles. The predicted molar refractivity (Wildman–Crippen MR) is 53.6 cm³/mol. The molecule has 13 heavy (non-hydrogen) atoms. The van der Waals surface area contributed by atoms with E-state index in [0.717, 1.165) is 25.4 Å². The van der Waals surface area contributed by atoms with Crippen LogP contribution in [0.2, 0.25) is 0 Å². The lowest BCUT2D eigenvalue weighted by Gasteiger charge is -2.29. The van der Waals surface area contributed by atoms with Gasteiger partial charge in [0.05, 0.1) is 5.60 Å². The Balaban J connectivity index is 1.84. The van der Waals surface area contributed by atoms with Gasteiger partial charge in [0.2, 0.25) is 0 Å². The third-order valence-corrected chi connectivity index (χ3v) is 3.69. The van der Waals surface area contributed by atoms with Crippen LogP contribution in [0.3, 0.4) is 0 Å². The lowest BCUT2D eigenvalue weighted by Crippen LogP contribution is -2.44. The van der Waals surface area contributed by atoms with Gasteiger partial charge in [-0.1, -0.05) is 19.8 Å². The third-order valence-electron chi connectivity index (χ3n) is 3.69. The van der Waals surface area contributed by atoms with Crippen LogP contribution in [0, 0.1) is 5.92 Å². The van der Waals surface area contributed by atoms with E-state index < -0.39 is 0 Å². The van der Waals surface area contributed by atoms with Gasteiger partial charge in [-0.15, -0.1) is 0 Å². The minimum Gasteiger partial charge on any atom is -0.388 e. The zero-order chi connectivity index (χ0) is 9.31. The first kappa shape index (κ1) is 9.47. The largest absolute Gasteiger partial charge is 0.388 e. The topological polar surface area (TPSA) is 32.3 Å². The van der Waals surface area contributed by atoms with Crippen molar-refractivity contribution < 1.29 is 5.11 Å². The average Bonchev–Trinajstić information content (AvgIpc) is 2.87. The Bertz CT molecular complexity index is 179. The Hall–Kier alpha value is -0.0800. The Morgan fingerprint density at radius 2 is 2.15 bits per heavy atom. The van der Waals surface area contributed by atoms with Crippen molar-refractivity contribution >= 4 is 0 Å². The van der Waals surface area contributed by atoms with Gasteiger partial charge in [0.1, 0.15) is 0 Å². The summed E-state index contributed by atoms with van der Waals surface area (Å²) in [6.45, 7) is 3.02. The number of hydrogen-bond donors (Lipinski definition) is 2. The van der Waals surface area contributed by atoms with Crippen LogP contribution in [0.25, 0.3) is 0 Å². The standard InChI is InChI=1S/C11H21NO/c1-2-9-4-3-7-11(9,13)8-12-10-5-6-10/h9-10,12-13H,2-8H2,1H3. The van der Waals surface area contributed by atoms with Crippen LogP contribution in [0.4, 0.5) is 0 Å². The van der Waals surface area contributed by atoms with Gasteiger partial charge in [-0.25, -0.2) is 0 Å². The van der Waals surface area contributed by atoms with Gasteiger partial charge >= 0.3 is 0 Å². The van der Waals surface area contributed by atoms with Crippen molar-refractivity contribution in [3.8, 4) is 0 Å². The molecule has 0 spiro atoms. The molecule has 76 valence electrons. The summed E-state index contributed by atoms with van der Waals surface area (Å²) in [7, 11) is 0. The highest BCUT2D eigenvalue weighted by atomic mass is 16.3. The molecule has 2 aliphatic carbocycles. The summed E-state index contributed by atoms with van der Waals surface area (Å²) in [6.07, 6.45) is 7.19. The summed E-state index contributed by atoms with van der Waals surface area (Å²) >= 11 is 0. The summed E-state index contributed by atoms with van der Waals surface area (Å²) in [6, 6.07) is 0.724. The van der Waals surface area contributed by atoms with Gasteiger partial charge in [-0.3, -0.25) is 0 Å². The van der Waals surface area contributed by atoms with Crippen LogP contribution in [0.5, 0.6) is 0 Å². The van der Waals surface area contributed by atoms with E-state index in [1.807, 2.05) is 0 Å². The first-order valence-corrected chi connectivity index (χ1v) is 5.70. The summed E-state index contributed by atoms with van der Waals surface area (Å²) in [5.74, 6) is 0.541.